The summed E-state index contributed by atoms with van der Waals surface area (Å²) in [6.45, 7) is 2.45. The van der Waals surface area contributed by atoms with Crippen LogP contribution in [0.1, 0.15) is 28.8 Å². The molecule has 1 heterocycles. The second-order valence-electron chi connectivity index (χ2n) is 6.72. The summed E-state index contributed by atoms with van der Waals surface area (Å²) >= 11 is 5.94. The van der Waals surface area contributed by atoms with E-state index in [0.29, 0.717) is 29.4 Å². The van der Waals surface area contributed by atoms with Crippen LogP contribution in [0.15, 0.2) is 60.2 Å². The first-order valence-corrected chi connectivity index (χ1v) is 9.38. The summed E-state index contributed by atoms with van der Waals surface area (Å²) in [6.07, 6.45) is 1.77. The average Bonchev–Trinajstić information content (AvgIpc) is 3.08. The van der Waals surface area contributed by atoms with E-state index < -0.39 is 5.92 Å². The van der Waals surface area contributed by atoms with Crippen molar-refractivity contribution >= 4 is 23.4 Å². The monoisotopic (exact) mass is 382 g/mol. The van der Waals surface area contributed by atoms with E-state index in [-0.39, 0.29) is 23.6 Å². The first-order chi connectivity index (χ1) is 13.1. The number of benzene rings is 2. The molecule has 0 spiro atoms. The Morgan fingerprint density at radius 3 is 2.63 bits per heavy atom. The molecule has 1 aliphatic heterocycles. The summed E-state index contributed by atoms with van der Waals surface area (Å²) in [5.41, 5.74) is 2.10. The number of esters is 1. The maximum atomic E-state index is 13.1. The van der Waals surface area contributed by atoms with Gasteiger partial charge in [-0.2, -0.15) is 0 Å². The van der Waals surface area contributed by atoms with Crippen molar-refractivity contribution in [3.63, 3.8) is 0 Å². The Hall–Kier alpha value is -2.59. The number of carbonyl (C=O) groups excluding carboxylic acids is 2. The molecule has 4 nitrogen and oxygen atoms in total. The highest BCUT2D eigenvalue weighted by Gasteiger charge is 2.47. The van der Waals surface area contributed by atoms with E-state index in [1.807, 2.05) is 24.3 Å². The number of ether oxygens (including phenoxy) is 2. The molecule has 4 rings (SSSR count). The fourth-order valence-electron chi connectivity index (χ4n) is 4.00. The van der Waals surface area contributed by atoms with Crippen molar-refractivity contribution in [1.29, 1.82) is 0 Å². The van der Waals surface area contributed by atoms with Crippen molar-refractivity contribution in [3.05, 3.63) is 76.3 Å². The molecule has 0 bridgehead atoms. The quantitative estimate of drug-likeness (QED) is 0.579. The lowest BCUT2D eigenvalue weighted by molar-refractivity contribution is -0.147. The van der Waals surface area contributed by atoms with Gasteiger partial charge in [-0.25, -0.2) is 0 Å². The fourth-order valence-corrected chi connectivity index (χ4v) is 4.13. The molecule has 27 heavy (non-hydrogen) atoms. The van der Waals surface area contributed by atoms with E-state index in [0.717, 1.165) is 11.3 Å². The van der Waals surface area contributed by atoms with Gasteiger partial charge in [-0.1, -0.05) is 35.9 Å². The Labute approximate surface area is 162 Å². The third kappa shape index (κ3) is 3.15. The zero-order valence-corrected chi connectivity index (χ0v) is 15.6. The summed E-state index contributed by atoms with van der Waals surface area (Å²) < 4.78 is 11.2. The van der Waals surface area contributed by atoms with E-state index in [2.05, 4.69) is 0 Å². The van der Waals surface area contributed by atoms with Gasteiger partial charge in [0.2, 0.25) is 0 Å². The predicted octanol–water partition coefficient (Wildman–Crippen LogP) is 4.43. The standard InChI is InChI=1S/C22H19ClO4/c1-2-26-22(25)17-11-16(21(24)13-7-9-14(23)10-8-13)18-12-27-19-6-4-3-5-15(19)20(17)18/h3-11,17-18,20H,2,12H2,1H3/t17-,18-,20+/m0/s1. The van der Waals surface area contributed by atoms with Gasteiger partial charge in [-0.15, -0.1) is 0 Å². The minimum Gasteiger partial charge on any atom is -0.493 e. The molecule has 0 fully saturated rings. The van der Waals surface area contributed by atoms with E-state index >= 15 is 0 Å². The largest absolute Gasteiger partial charge is 0.493 e. The molecule has 1 aliphatic carbocycles. The molecule has 2 aliphatic rings. The van der Waals surface area contributed by atoms with Gasteiger partial charge in [0.25, 0.3) is 0 Å². The topological polar surface area (TPSA) is 52.6 Å². The number of para-hydroxylation sites is 1. The number of rotatable bonds is 4. The summed E-state index contributed by atoms with van der Waals surface area (Å²) in [4.78, 5) is 25.8. The highest BCUT2D eigenvalue weighted by atomic mass is 35.5. The van der Waals surface area contributed by atoms with Crippen LogP contribution in [0.5, 0.6) is 5.75 Å². The van der Waals surface area contributed by atoms with Gasteiger partial charge in [0, 0.05) is 28.0 Å². The second-order valence-corrected chi connectivity index (χ2v) is 7.15. The highest BCUT2D eigenvalue weighted by molar-refractivity contribution is 6.30. The Balaban J connectivity index is 1.74. The number of halogens is 1. The number of ketones is 1. The van der Waals surface area contributed by atoms with Crippen LogP contribution in [0, 0.1) is 11.8 Å². The lowest BCUT2D eigenvalue weighted by Crippen LogP contribution is -2.31. The van der Waals surface area contributed by atoms with Crippen molar-refractivity contribution in [2.45, 2.75) is 12.8 Å². The van der Waals surface area contributed by atoms with Gasteiger partial charge in [0.1, 0.15) is 5.75 Å². The molecule has 2 aromatic carbocycles. The van der Waals surface area contributed by atoms with Gasteiger partial charge < -0.3 is 9.47 Å². The number of carbonyl (C=O) groups is 2. The molecule has 0 unspecified atom stereocenters. The minimum atomic E-state index is -0.494. The zero-order valence-electron chi connectivity index (χ0n) is 14.9. The molecule has 0 amide bonds. The van der Waals surface area contributed by atoms with Crippen LogP contribution in [0.2, 0.25) is 5.02 Å². The van der Waals surface area contributed by atoms with Crippen LogP contribution in [0.3, 0.4) is 0 Å². The third-order valence-electron chi connectivity index (χ3n) is 5.20. The normalized spacial score (nSPS) is 22.9. The maximum absolute atomic E-state index is 13.1. The van der Waals surface area contributed by atoms with Crippen molar-refractivity contribution < 1.29 is 19.1 Å². The zero-order chi connectivity index (χ0) is 19.0. The van der Waals surface area contributed by atoms with Gasteiger partial charge >= 0.3 is 5.97 Å². The van der Waals surface area contributed by atoms with Crippen LogP contribution >= 0.6 is 11.6 Å². The number of hydrogen-bond acceptors (Lipinski definition) is 4. The van der Waals surface area contributed by atoms with E-state index in [9.17, 15) is 9.59 Å². The molecule has 0 aromatic heterocycles. The Bertz CT molecular complexity index is 916. The maximum Gasteiger partial charge on any atom is 0.313 e. The summed E-state index contributed by atoms with van der Waals surface area (Å²) in [6, 6.07) is 14.5. The Kier molecular flexibility index (Phi) is 4.75. The minimum absolute atomic E-state index is 0.101. The molecule has 138 valence electrons. The van der Waals surface area contributed by atoms with Crippen molar-refractivity contribution in [2.24, 2.45) is 11.8 Å². The van der Waals surface area contributed by atoms with Crippen LogP contribution < -0.4 is 4.74 Å². The summed E-state index contributed by atoms with van der Waals surface area (Å²) in [5.74, 6) is -0.467. The molecule has 0 radical (unpaired) electrons. The molecule has 2 aromatic rings. The van der Waals surface area contributed by atoms with Crippen molar-refractivity contribution in [2.75, 3.05) is 13.2 Å². The van der Waals surface area contributed by atoms with E-state index in [1.54, 1.807) is 37.3 Å². The number of fused-ring (bicyclic) bond motifs is 3. The fraction of sp³-hybridized carbons (Fsp3) is 0.273. The Morgan fingerprint density at radius 1 is 1.15 bits per heavy atom. The average molecular weight is 383 g/mol. The van der Waals surface area contributed by atoms with Gasteiger partial charge in [-0.3, -0.25) is 9.59 Å². The number of Topliss-reactive ketones (excluding diaryl/α,β-unsaturated/α-hetero) is 1. The van der Waals surface area contributed by atoms with Crippen LogP contribution in [0.4, 0.5) is 0 Å². The molecular weight excluding hydrogens is 364 g/mol. The first-order valence-electron chi connectivity index (χ1n) is 9.00. The molecule has 5 heteroatoms. The van der Waals surface area contributed by atoms with Gasteiger partial charge in [-0.05, 0) is 42.8 Å². The van der Waals surface area contributed by atoms with Gasteiger partial charge in [0.05, 0.1) is 19.1 Å². The summed E-state index contributed by atoms with van der Waals surface area (Å²) in [5, 5.41) is 0.573. The van der Waals surface area contributed by atoms with Crippen molar-refractivity contribution in [1.82, 2.24) is 0 Å². The smallest absolute Gasteiger partial charge is 0.313 e. The lowest BCUT2D eigenvalue weighted by Gasteiger charge is -2.32. The summed E-state index contributed by atoms with van der Waals surface area (Å²) in [7, 11) is 0. The predicted molar refractivity (Wildman–Crippen MR) is 102 cm³/mol. The van der Waals surface area contributed by atoms with Gasteiger partial charge in [0.15, 0.2) is 5.78 Å². The van der Waals surface area contributed by atoms with Crippen LogP contribution in [-0.4, -0.2) is 25.0 Å². The van der Waals surface area contributed by atoms with Crippen LogP contribution in [0.25, 0.3) is 0 Å². The van der Waals surface area contributed by atoms with Crippen molar-refractivity contribution in [3.8, 4) is 5.75 Å². The molecular formula is C22H19ClO4. The highest BCUT2D eigenvalue weighted by Crippen LogP contribution is 2.50. The van der Waals surface area contributed by atoms with Crippen LogP contribution in [-0.2, 0) is 9.53 Å². The lowest BCUT2D eigenvalue weighted by atomic mass is 9.78. The van der Waals surface area contributed by atoms with E-state index in [4.69, 9.17) is 21.1 Å². The Morgan fingerprint density at radius 2 is 1.89 bits per heavy atom. The molecule has 0 saturated heterocycles. The molecule has 0 saturated carbocycles. The first kappa shape index (κ1) is 17.8. The van der Waals surface area contributed by atoms with E-state index in [1.165, 1.54) is 0 Å². The molecule has 3 atom stereocenters. The second kappa shape index (κ2) is 7.20. The molecule has 0 N–H and O–H groups in total. The number of hydrogen-bond donors (Lipinski definition) is 0. The SMILES string of the molecule is CCOC(=O)[C@H]1C=C(C(=O)c2ccc(Cl)cc2)[C@@H]2COc3ccccc3[C@H]12. The third-order valence-corrected chi connectivity index (χ3v) is 5.45.